The zero-order chi connectivity index (χ0) is 19.3. The largest absolute Gasteiger partial charge is 0.496 e. The van der Waals surface area contributed by atoms with E-state index >= 15 is 0 Å². The highest BCUT2D eigenvalue weighted by atomic mass is 32.1. The number of para-hydroxylation sites is 1. The number of nitrogens with zero attached hydrogens (tertiary/aromatic N) is 3. The van der Waals surface area contributed by atoms with Crippen molar-refractivity contribution >= 4 is 27.4 Å². The van der Waals surface area contributed by atoms with Crippen LogP contribution in [-0.2, 0) is 6.54 Å². The van der Waals surface area contributed by atoms with Gasteiger partial charge in [0.15, 0.2) is 0 Å². The van der Waals surface area contributed by atoms with E-state index in [2.05, 4.69) is 43.2 Å². The van der Waals surface area contributed by atoms with Gasteiger partial charge >= 0.3 is 0 Å². The minimum Gasteiger partial charge on any atom is -0.496 e. The summed E-state index contributed by atoms with van der Waals surface area (Å²) in [6, 6.07) is 14.2. The first-order chi connectivity index (χ1) is 13.7. The Hall–Kier alpha value is -2.97. The van der Waals surface area contributed by atoms with Crippen molar-refractivity contribution in [2.45, 2.75) is 13.5 Å². The highest BCUT2D eigenvalue weighted by Crippen LogP contribution is 2.29. The number of anilines is 1. The third kappa shape index (κ3) is 3.97. The lowest BCUT2D eigenvalue weighted by atomic mass is 10.1. The number of aryl methyl sites for hydroxylation is 1. The van der Waals surface area contributed by atoms with Crippen LogP contribution in [0, 0.1) is 6.92 Å². The van der Waals surface area contributed by atoms with E-state index in [9.17, 15) is 0 Å². The molecule has 0 saturated carbocycles. The maximum absolute atomic E-state index is 5.37. The molecule has 0 fully saturated rings. The molecule has 0 aliphatic carbocycles. The summed E-state index contributed by atoms with van der Waals surface area (Å²) in [4.78, 5) is 0. The smallest absolute Gasteiger partial charge is 0.206 e. The molecule has 3 N–H and O–H groups in total. The molecule has 4 rings (SSSR count). The molecule has 0 atom stereocenters. The van der Waals surface area contributed by atoms with Crippen LogP contribution >= 0.6 is 11.3 Å². The molecule has 4 aromatic rings. The molecule has 0 spiro atoms. The summed E-state index contributed by atoms with van der Waals surface area (Å²) >= 11 is 1.55. The zero-order valence-electron chi connectivity index (χ0n) is 15.8. The first kappa shape index (κ1) is 18.4. The van der Waals surface area contributed by atoms with Crippen LogP contribution in [0.4, 0.5) is 5.13 Å². The Balaban J connectivity index is 1.30. The summed E-state index contributed by atoms with van der Waals surface area (Å²) in [5.41, 5.74) is 4.22. The fourth-order valence-electron chi connectivity index (χ4n) is 3.01. The number of benzene rings is 2. The monoisotopic (exact) mass is 394 g/mol. The van der Waals surface area contributed by atoms with Crippen LogP contribution in [-0.4, -0.2) is 40.6 Å². The fraction of sp³-hybridized carbons (Fsp3) is 0.250. The van der Waals surface area contributed by atoms with Gasteiger partial charge in [-0.2, -0.15) is 5.10 Å². The number of rotatable bonds is 8. The summed E-state index contributed by atoms with van der Waals surface area (Å²) in [6.07, 6.45) is 0. The molecule has 144 valence electrons. The average molecular weight is 395 g/mol. The van der Waals surface area contributed by atoms with Crippen molar-refractivity contribution < 1.29 is 4.74 Å². The van der Waals surface area contributed by atoms with Crippen molar-refractivity contribution in [2.24, 2.45) is 0 Å². The molecule has 0 radical (unpaired) electrons. The molecule has 0 bridgehead atoms. The highest BCUT2D eigenvalue weighted by Gasteiger charge is 2.09. The second-order valence-electron chi connectivity index (χ2n) is 6.41. The Morgan fingerprint density at radius 2 is 2.00 bits per heavy atom. The van der Waals surface area contributed by atoms with E-state index in [1.54, 1.807) is 18.4 Å². The number of aromatic nitrogens is 4. The van der Waals surface area contributed by atoms with Crippen LogP contribution in [0.2, 0.25) is 0 Å². The third-order valence-corrected chi connectivity index (χ3v) is 5.43. The van der Waals surface area contributed by atoms with E-state index in [4.69, 9.17) is 4.74 Å². The van der Waals surface area contributed by atoms with Gasteiger partial charge in [-0.3, -0.25) is 5.10 Å². The van der Waals surface area contributed by atoms with Crippen molar-refractivity contribution in [2.75, 3.05) is 25.5 Å². The van der Waals surface area contributed by atoms with Crippen LogP contribution in [0.3, 0.4) is 0 Å². The number of ether oxygens (including phenoxy) is 1. The van der Waals surface area contributed by atoms with Gasteiger partial charge < -0.3 is 15.4 Å². The minimum atomic E-state index is 0.761. The Morgan fingerprint density at radius 3 is 2.89 bits per heavy atom. The fourth-order valence-corrected chi connectivity index (χ4v) is 3.78. The van der Waals surface area contributed by atoms with Crippen molar-refractivity contribution in [3.05, 3.63) is 53.7 Å². The lowest BCUT2D eigenvalue weighted by molar-refractivity contribution is 0.408. The summed E-state index contributed by atoms with van der Waals surface area (Å²) < 4.78 is 5.37. The van der Waals surface area contributed by atoms with Gasteiger partial charge in [-0.25, -0.2) is 0 Å². The molecule has 0 unspecified atom stereocenters. The third-order valence-electron chi connectivity index (χ3n) is 4.50. The van der Waals surface area contributed by atoms with Crippen molar-refractivity contribution in [3.8, 4) is 16.3 Å². The Labute approximate surface area is 167 Å². The molecule has 0 aliphatic heterocycles. The Morgan fingerprint density at radius 1 is 1.11 bits per heavy atom. The predicted octanol–water partition coefficient (Wildman–Crippen LogP) is 3.60. The van der Waals surface area contributed by atoms with Crippen LogP contribution in [0.25, 0.3) is 21.5 Å². The molecule has 0 aliphatic rings. The number of hydrogen-bond acceptors (Lipinski definition) is 7. The number of H-pyrrole nitrogens is 1. The first-order valence-corrected chi connectivity index (χ1v) is 9.91. The number of methoxy groups -OCH3 is 1. The van der Waals surface area contributed by atoms with E-state index < -0.39 is 0 Å². The molecule has 2 aromatic carbocycles. The van der Waals surface area contributed by atoms with E-state index in [1.807, 2.05) is 37.3 Å². The van der Waals surface area contributed by atoms with Gasteiger partial charge in [0, 0.05) is 41.8 Å². The number of aromatic amines is 1. The molecule has 7 nitrogen and oxygen atoms in total. The van der Waals surface area contributed by atoms with Gasteiger partial charge in [0.25, 0.3) is 0 Å². The first-order valence-electron chi connectivity index (χ1n) is 9.09. The Kier molecular flexibility index (Phi) is 5.50. The standard InChI is InChI=1S/C20H22N6OS/c1-13-16-11-14(7-8-17(16)24-23-13)19-25-26-20(28-19)22-10-9-21-12-15-5-3-4-6-18(15)27-2/h3-8,11,21H,9-10,12H2,1-2H3,(H,22,26)(H,23,24). The molecule has 0 saturated heterocycles. The van der Waals surface area contributed by atoms with Crippen LogP contribution in [0.1, 0.15) is 11.3 Å². The zero-order valence-corrected chi connectivity index (χ0v) is 16.6. The molecule has 28 heavy (non-hydrogen) atoms. The molecule has 0 amide bonds. The van der Waals surface area contributed by atoms with E-state index in [-0.39, 0.29) is 0 Å². The predicted molar refractivity (Wildman–Crippen MR) is 113 cm³/mol. The Bertz CT molecular complexity index is 1070. The van der Waals surface area contributed by atoms with Gasteiger partial charge in [0.2, 0.25) is 5.13 Å². The average Bonchev–Trinajstić information content (AvgIpc) is 3.35. The minimum absolute atomic E-state index is 0.761. The van der Waals surface area contributed by atoms with E-state index in [0.717, 1.165) is 63.2 Å². The maximum atomic E-state index is 5.37. The van der Waals surface area contributed by atoms with Gasteiger partial charge in [-0.15, -0.1) is 10.2 Å². The topological polar surface area (TPSA) is 87.8 Å². The molecule has 2 heterocycles. The van der Waals surface area contributed by atoms with Gasteiger partial charge in [-0.05, 0) is 31.2 Å². The summed E-state index contributed by atoms with van der Waals surface area (Å²) in [5, 5.41) is 25.4. The number of fused-ring (bicyclic) bond motifs is 1. The molecular formula is C20H22N6OS. The second kappa shape index (κ2) is 8.37. The normalized spacial score (nSPS) is 11.1. The van der Waals surface area contributed by atoms with Gasteiger partial charge in [-0.1, -0.05) is 29.5 Å². The van der Waals surface area contributed by atoms with E-state index in [1.165, 1.54) is 0 Å². The van der Waals surface area contributed by atoms with E-state index in [0.29, 0.717) is 0 Å². The van der Waals surface area contributed by atoms with Crippen LogP contribution in [0.5, 0.6) is 5.75 Å². The maximum Gasteiger partial charge on any atom is 0.206 e. The van der Waals surface area contributed by atoms with Crippen LogP contribution < -0.4 is 15.4 Å². The number of hydrogen-bond donors (Lipinski definition) is 3. The SMILES string of the molecule is COc1ccccc1CNCCNc1nnc(-c2ccc3n[nH]c(C)c3c2)s1. The van der Waals surface area contributed by atoms with Crippen molar-refractivity contribution in [3.63, 3.8) is 0 Å². The van der Waals surface area contributed by atoms with Gasteiger partial charge in [0.05, 0.1) is 12.6 Å². The quantitative estimate of drug-likeness (QED) is 0.396. The molecule has 2 aromatic heterocycles. The highest BCUT2D eigenvalue weighted by molar-refractivity contribution is 7.18. The summed E-state index contributed by atoms with van der Waals surface area (Å²) in [7, 11) is 1.69. The van der Waals surface area contributed by atoms with Crippen molar-refractivity contribution in [1.82, 2.24) is 25.7 Å². The van der Waals surface area contributed by atoms with Crippen LogP contribution in [0.15, 0.2) is 42.5 Å². The molecule has 8 heteroatoms. The second-order valence-corrected chi connectivity index (χ2v) is 7.39. The van der Waals surface area contributed by atoms with Crippen molar-refractivity contribution in [1.29, 1.82) is 0 Å². The van der Waals surface area contributed by atoms with Gasteiger partial charge in [0.1, 0.15) is 10.8 Å². The summed E-state index contributed by atoms with van der Waals surface area (Å²) in [5.74, 6) is 0.904. The lowest BCUT2D eigenvalue weighted by Gasteiger charge is -2.09. The summed E-state index contributed by atoms with van der Waals surface area (Å²) in [6.45, 7) is 4.36. The lowest BCUT2D eigenvalue weighted by Crippen LogP contribution is -2.22. The molecular weight excluding hydrogens is 372 g/mol. The number of nitrogens with one attached hydrogen (secondary N) is 3.